The summed E-state index contributed by atoms with van der Waals surface area (Å²) in [6.45, 7) is 7.10. The van der Waals surface area contributed by atoms with Gasteiger partial charge in [0.25, 0.3) is 0 Å². The molecule has 4 heterocycles. The standard InChI is InChI=1S/C25H31N5O2S2/c1-19(20-7-3-2-4-8-20)28-11-13-29(14-12-28)23(31)18-34-25-27-26-24(22-10-6-16-33-22)30(25)17-21-9-5-15-32-21/h2-4,6-8,10,16,19,21H,5,9,11-15,17-18H2,1H3. The molecular weight excluding hydrogens is 466 g/mol. The van der Waals surface area contributed by atoms with Crippen LogP contribution in [-0.2, 0) is 16.1 Å². The smallest absolute Gasteiger partial charge is 0.233 e. The molecule has 0 bridgehead atoms. The largest absolute Gasteiger partial charge is 0.376 e. The van der Waals surface area contributed by atoms with Crippen molar-refractivity contribution in [2.75, 3.05) is 38.5 Å². The summed E-state index contributed by atoms with van der Waals surface area (Å²) < 4.78 is 8.01. The molecule has 2 aliphatic heterocycles. The van der Waals surface area contributed by atoms with Crippen LogP contribution < -0.4 is 0 Å². The van der Waals surface area contributed by atoms with E-state index in [1.165, 1.54) is 17.3 Å². The Kier molecular flexibility index (Phi) is 7.63. The molecule has 2 unspecified atom stereocenters. The number of carbonyl (C=O) groups excluding carboxylic acids is 1. The van der Waals surface area contributed by atoms with Crippen molar-refractivity contribution < 1.29 is 9.53 Å². The third-order valence-electron chi connectivity index (χ3n) is 6.69. The number of nitrogens with zero attached hydrogens (tertiary/aromatic N) is 5. The Hall–Kier alpha value is -2.20. The Balaban J connectivity index is 1.19. The quantitative estimate of drug-likeness (QED) is 0.435. The molecule has 2 aliphatic rings. The highest BCUT2D eigenvalue weighted by atomic mass is 32.2. The zero-order chi connectivity index (χ0) is 23.3. The van der Waals surface area contributed by atoms with Gasteiger partial charge in [-0.2, -0.15) is 0 Å². The zero-order valence-electron chi connectivity index (χ0n) is 19.5. The molecule has 0 N–H and O–H groups in total. The third kappa shape index (κ3) is 5.38. The van der Waals surface area contributed by atoms with E-state index in [1.807, 2.05) is 11.0 Å². The summed E-state index contributed by atoms with van der Waals surface area (Å²) in [5.74, 6) is 1.41. The first-order chi connectivity index (χ1) is 16.7. The number of hydrogen-bond donors (Lipinski definition) is 0. The lowest BCUT2D eigenvalue weighted by atomic mass is 10.1. The van der Waals surface area contributed by atoms with Crippen molar-refractivity contribution in [2.24, 2.45) is 0 Å². The maximum absolute atomic E-state index is 13.0. The highest BCUT2D eigenvalue weighted by Gasteiger charge is 2.26. The first-order valence-corrected chi connectivity index (χ1v) is 13.8. The van der Waals surface area contributed by atoms with Crippen molar-refractivity contribution >= 4 is 29.0 Å². The Labute approximate surface area is 209 Å². The molecule has 34 heavy (non-hydrogen) atoms. The number of thioether (sulfide) groups is 1. The first kappa shape index (κ1) is 23.5. The topological polar surface area (TPSA) is 63.5 Å². The van der Waals surface area contributed by atoms with Crippen LogP contribution in [0.1, 0.15) is 31.4 Å². The summed E-state index contributed by atoms with van der Waals surface area (Å²) in [5, 5.41) is 11.8. The summed E-state index contributed by atoms with van der Waals surface area (Å²) >= 11 is 3.14. The van der Waals surface area contributed by atoms with Gasteiger partial charge in [-0.1, -0.05) is 48.2 Å². The summed E-state index contributed by atoms with van der Waals surface area (Å²) in [6, 6.07) is 15.0. The van der Waals surface area contributed by atoms with E-state index >= 15 is 0 Å². The Morgan fingerprint density at radius 2 is 1.97 bits per heavy atom. The summed E-state index contributed by atoms with van der Waals surface area (Å²) in [7, 11) is 0. The van der Waals surface area contributed by atoms with Gasteiger partial charge in [0, 0.05) is 38.8 Å². The highest BCUT2D eigenvalue weighted by Crippen LogP contribution is 2.29. The molecule has 0 spiro atoms. The van der Waals surface area contributed by atoms with Gasteiger partial charge in [0.1, 0.15) is 0 Å². The van der Waals surface area contributed by atoms with Gasteiger partial charge in [0.05, 0.1) is 23.3 Å². The van der Waals surface area contributed by atoms with Crippen LogP contribution in [0.25, 0.3) is 10.7 Å². The molecule has 2 aromatic heterocycles. The predicted molar refractivity (Wildman–Crippen MR) is 136 cm³/mol. The fourth-order valence-electron chi connectivity index (χ4n) is 4.66. The van der Waals surface area contributed by atoms with Crippen molar-refractivity contribution in [3.63, 3.8) is 0 Å². The van der Waals surface area contributed by atoms with Gasteiger partial charge in [0.2, 0.25) is 5.91 Å². The molecule has 0 aliphatic carbocycles. The molecule has 2 saturated heterocycles. The maximum Gasteiger partial charge on any atom is 0.233 e. The SMILES string of the molecule is CC(c1ccccc1)N1CCN(C(=O)CSc2nnc(-c3cccs3)n2CC2CCCO2)CC1. The summed E-state index contributed by atoms with van der Waals surface area (Å²) in [5.41, 5.74) is 1.32. The molecule has 2 atom stereocenters. The number of carbonyl (C=O) groups is 1. The number of benzene rings is 1. The molecule has 5 rings (SSSR count). The van der Waals surface area contributed by atoms with Crippen LogP contribution in [0.5, 0.6) is 0 Å². The molecule has 1 amide bonds. The maximum atomic E-state index is 13.0. The second-order valence-corrected chi connectivity index (χ2v) is 10.7. The van der Waals surface area contributed by atoms with E-state index < -0.39 is 0 Å². The molecule has 0 saturated carbocycles. The van der Waals surface area contributed by atoms with Crippen LogP contribution >= 0.6 is 23.1 Å². The van der Waals surface area contributed by atoms with E-state index in [1.54, 1.807) is 11.3 Å². The molecule has 2 fully saturated rings. The fourth-order valence-corrected chi connectivity index (χ4v) is 6.23. The summed E-state index contributed by atoms with van der Waals surface area (Å²) in [6.07, 6.45) is 2.33. The normalized spacial score (nSPS) is 20.0. The van der Waals surface area contributed by atoms with Crippen molar-refractivity contribution in [1.29, 1.82) is 0 Å². The van der Waals surface area contributed by atoms with E-state index in [9.17, 15) is 4.79 Å². The van der Waals surface area contributed by atoms with Crippen LogP contribution in [0.2, 0.25) is 0 Å². The molecular formula is C25H31N5O2S2. The van der Waals surface area contributed by atoms with Gasteiger partial charge in [-0.05, 0) is 36.8 Å². The van der Waals surface area contributed by atoms with Crippen LogP contribution in [0.15, 0.2) is 53.0 Å². The molecule has 1 aromatic carbocycles. The average molecular weight is 498 g/mol. The van der Waals surface area contributed by atoms with E-state index in [2.05, 4.69) is 68.4 Å². The second kappa shape index (κ2) is 11.0. The number of aromatic nitrogens is 3. The third-order valence-corrected chi connectivity index (χ3v) is 8.51. The first-order valence-electron chi connectivity index (χ1n) is 12.0. The van der Waals surface area contributed by atoms with Crippen molar-refractivity contribution in [1.82, 2.24) is 24.6 Å². The average Bonchev–Trinajstić information content (AvgIpc) is 3.66. The molecule has 3 aromatic rings. The van der Waals surface area contributed by atoms with E-state index in [0.717, 1.165) is 68.0 Å². The van der Waals surface area contributed by atoms with Gasteiger partial charge in [-0.3, -0.25) is 14.3 Å². The molecule has 7 nitrogen and oxygen atoms in total. The molecule has 180 valence electrons. The highest BCUT2D eigenvalue weighted by molar-refractivity contribution is 7.99. The van der Waals surface area contributed by atoms with E-state index in [4.69, 9.17) is 4.74 Å². The Bertz CT molecular complexity index is 1060. The number of amides is 1. The van der Waals surface area contributed by atoms with E-state index in [-0.39, 0.29) is 12.0 Å². The fraction of sp³-hybridized carbons (Fsp3) is 0.480. The lowest BCUT2D eigenvalue weighted by molar-refractivity contribution is -0.130. The Morgan fingerprint density at radius 1 is 1.15 bits per heavy atom. The molecule has 9 heteroatoms. The zero-order valence-corrected chi connectivity index (χ0v) is 21.1. The minimum Gasteiger partial charge on any atom is -0.376 e. The monoisotopic (exact) mass is 497 g/mol. The number of ether oxygens (including phenoxy) is 1. The lowest BCUT2D eigenvalue weighted by Crippen LogP contribution is -2.49. The second-order valence-electron chi connectivity index (χ2n) is 8.82. The van der Waals surface area contributed by atoms with Crippen LogP contribution in [0.3, 0.4) is 0 Å². The number of rotatable bonds is 8. The number of thiophene rings is 1. The number of hydrogen-bond acceptors (Lipinski definition) is 7. The van der Waals surface area contributed by atoms with Crippen molar-refractivity contribution in [3.05, 3.63) is 53.4 Å². The minimum absolute atomic E-state index is 0.168. The van der Waals surface area contributed by atoms with Gasteiger partial charge >= 0.3 is 0 Å². The van der Waals surface area contributed by atoms with Crippen LogP contribution in [0, 0.1) is 0 Å². The predicted octanol–water partition coefficient (Wildman–Crippen LogP) is 4.18. The van der Waals surface area contributed by atoms with Crippen LogP contribution in [0.4, 0.5) is 0 Å². The minimum atomic E-state index is 0.168. The van der Waals surface area contributed by atoms with Gasteiger partial charge in [-0.25, -0.2) is 0 Å². The van der Waals surface area contributed by atoms with E-state index in [0.29, 0.717) is 11.8 Å². The lowest BCUT2D eigenvalue weighted by Gasteiger charge is -2.38. The van der Waals surface area contributed by atoms with Gasteiger partial charge < -0.3 is 9.64 Å². The van der Waals surface area contributed by atoms with Gasteiger partial charge in [0.15, 0.2) is 11.0 Å². The van der Waals surface area contributed by atoms with Gasteiger partial charge in [-0.15, -0.1) is 21.5 Å². The van der Waals surface area contributed by atoms with Crippen molar-refractivity contribution in [2.45, 2.75) is 43.6 Å². The van der Waals surface area contributed by atoms with Crippen molar-refractivity contribution in [3.8, 4) is 10.7 Å². The number of piperazine rings is 1. The van der Waals surface area contributed by atoms with Crippen LogP contribution in [-0.4, -0.2) is 75.1 Å². The summed E-state index contributed by atoms with van der Waals surface area (Å²) in [4.78, 5) is 18.6. The molecule has 0 radical (unpaired) electrons. The Morgan fingerprint density at radius 3 is 2.68 bits per heavy atom.